The van der Waals surface area contributed by atoms with Gasteiger partial charge in [0.25, 0.3) is 0 Å². The van der Waals surface area contributed by atoms with Crippen molar-refractivity contribution in [2.45, 2.75) is 26.2 Å². The van der Waals surface area contributed by atoms with Crippen LogP contribution in [0, 0.1) is 0 Å². The van der Waals surface area contributed by atoms with Crippen LogP contribution < -0.4 is 0 Å². The quantitative estimate of drug-likeness (QED) is 0.667. The third kappa shape index (κ3) is 2.01. The minimum Gasteiger partial charge on any atom is -0.359 e. The van der Waals surface area contributed by atoms with Gasteiger partial charge in [-0.2, -0.15) is 0 Å². The van der Waals surface area contributed by atoms with E-state index in [9.17, 15) is 0 Å². The van der Waals surface area contributed by atoms with Gasteiger partial charge in [-0.25, -0.2) is 0 Å². The highest BCUT2D eigenvalue weighted by Crippen LogP contribution is 2.18. The number of rotatable bonds is 1. The van der Waals surface area contributed by atoms with E-state index >= 15 is 0 Å². The zero-order valence-electron chi connectivity index (χ0n) is 10.3. The van der Waals surface area contributed by atoms with E-state index in [1.165, 1.54) is 5.57 Å². The van der Waals surface area contributed by atoms with Crippen LogP contribution in [0.15, 0.2) is 33.5 Å². The minimum atomic E-state index is 0.0578. The molecule has 16 heavy (non-hydrogen) atoms. The molecule has 4 heteroatoms. The van der Waals surface area contributed by atoms with Gasteiger partial charge in [0.2, 0.25) is 0 Å². The summed E-state index contributed by atoms with van der Waals surface area (Å²) < 4.78 is 0. The maximum Gasteiger partial charge on any atom is 0.149 e. The molecular formula is C12H18N4. The zero-order chi connectivity index (χ0) is 11.7. The number of hydrogen-bond donors (Lipinski definition) is 0. The molecule has 2 unspecified atom stereocenters. The van der Waals surface area contributed by atoms with E-state index in [0.717, 1.165) is 5.57 Å². The molecule has 2 heterocycles. The summed E-state index contributed by atoms with van der Waals surface area (Å²) in [4.78, 5) is 13.2. The van der Waals surface area contributed by atoms with Gasteiger partial charge in [-0.15, -0.1) is 0 Å². The van der Waals surface area contributed by atoms with Gasteiger partial charge in [0.1, 0.15) is 12.3 Å². The Hall–Kier alpha value is -1.58. The Balaban J connectivity index is 2.19. The standard InChI is InChI=1S/C12H18N4/c1-9-5-14-12(16(4)7-9)11-6-13-10(2)15(3)8-11/h5-8,10,12H,1-4H3. The summed E-state index contributed by atoms with van der Waals surface area (Å²) in [6, 6.07) is 0. The second-order valence-electron chi connectivity index (χ2n) is 4.40. The average Bonchev–Trinajstić information content (AvgIpc) is 2.22. The fourth-order valence-electron chi connectivity index (χ4n) is 1.85. The predicted molar refractivity (Wildman–Crippen MR) is 67.6 cm³/mol. The Labute approximate surface area is 96.7 Å². The summed E-state index contributed by atoms with van der Waals surface area (Å²) in [5, 5.41) is 0. The van der Waals surface area contributed by atoms with Crippen molar-refractivity contribution in [2.24, 2.45) is 9.98 Å². The highest BCUT2D eigenvalue weighted by Gasteiger charge is 2.21. The maximum atomic E-state index is 4.52. The molecule has 0 saturated carbocycles. The molecule has 0 radical (unpaired) electrons. The number of likely N-dealkylation sites (N-methyl/N-ethyl adjacent to an activating group) is 1. The molecule has 0 aromatic heterocycles. The molecule has 2 rings (SSSR count). The molecule has 0 saturated heterocycles. The van der Waals surface area contributed by atoms with Crippen molar-refractivity contribution in [1.82, 2.24) is 9.80 Å². The Kier molecular flexibility index (Phi) is 2.81. The predicted octanol–water partition coefficient (Wildman–Crippen LogP) is 1.48. The van der Waals surface area contributed by atoms with Crippen molar-refractivity contribution < 1.29 is 0 Å². The molecule has 0 aromatic carbocycles. The molecule has 0 amide bonds. The van der Waals surface area contributed by atoms with Crippen molar-refractivity contribution in [2.75, 3.05) is 14.1 Å². The van der Waals surface area contributed by atoms with Crippen molar-refractivity contribution in [3.05, 3.63) is 23.5 Å². The van der Waals surface area contributed by atoms with E-state index in [2.05, 4.69) is 39.1 Å². The van der Waals surface area contributed by atoms with Gasteiger partial charge in [0.05, 0.1) is 0 Å². The van der Waals surface area contributed by atoms with Gasteiger partial charge in [-0.3, -0.25) is 9.98 Å². The van der Waals surface area contributed by atoms with E-state index in [0.29, 0.717) is 0 Å². The number of nitrogens with zero attached hydrogens (tertiary/aromatic N) is 4. The zero-order valence-corrected chi connectivity index (χ0v) is 10.3. The lowest BCUT2D eigenvalue weighted by molar-refractivity contribution is 0.335. The normalized spacial score (nSPS) is 29.2. The topological polar surface area (TPSA) is 31.2 Å². The molecule has 0 spiro atoms. The summed E-state index contributed by atoms with van der Waals surface area (Å²) in [6.45, 7) is 4.12. The van der Waals surface area contributed by atoms with Gasteiger partial charge in [-0.1, -0.05) is 0 Å². The Morgan fingerprint density at radius 2 is 1.81 bits per heavy atom. The lowest BCUT2D eigenvalue weighted by Crippen LogP contribution is -2.35. The Bertz CT molecular complexity index is 392. The van der Waals surface area contributed by atoms with E-state index in [1.807, 2.05) is 33.4 Å². The van der Waals surface area contributed by atoms with Gasteiger partial charge in [0.15, 0.2) is 0 Å². The molecule has 2 atom stereocenters. The van der Waals surface area contributed by atoms with Crippen LogP contribution in [0.3, 0.4) is 0 Å². The molecule has 4 nitrogen and oxygen atoms in total. The molecule has 0 aliphatic carbocycles. The second kappa shape index (κ2) is 4.12. The summed E-state index contributed by atoms with van der Waals surface area (Å²) >= 11 is 0. The van der Waals surface area contributed by atoms with Crippen molar-refractivity contribution in [3.63, 3.8) is 0 Å². The molecule has 0 N–H and O–H groups in total. The molecule has 2 aliphatic heterocycles. The summed E-state index contributed by atoms with van der Waals surface area (Å²) in [7, 11) is 4.08. The first-order chi connectivity index (χ1) is 7.58. The van der Waals surface area contributed by atoms with Crippen LogP contribution in [-0.4, -0.2) is 48.7 Å². The van der Waals surface area contributed by atoms with Crippen LogP contribution >= 0.6 is 0 Å². The number of aliphatic imine (C=N–C) groups is 2. The molecular weight excluding hydrogens is 200 g/mol. The van der Waals surface area contributed by atoms with Crippen LogP contribution in [-0.2, 0) is 0 Å². The lowest BCUT2D eigenvalue weighted by atomic mass is 10.1. The monoisotopic (exact) mass is 218 g/mol. The largest absolute Gasteiger partial charge is 0.359 e. The maximum absolute atomic E-state index is 4.52. The van der Waals surface area contributed by atoms with Gasteiger partial charge in [-0.05, 0) is 19.4 Å². The molecule has 86 valence electrons. The van der Waals surface area contributed by atoms with Gasteiger partial charge >= 0.3 is 0 Å². The molecule has 0 bridgehead atoms. The van der Waals surface area contributed by atoms with Crippen LogP contribution in [0.4, 0.5) is 0 Å². The highest BCUT2D eigenvalue weighted by atomic mass is 15.3. The van der Waals surface area contributed by atoms with Gasteiger partial charge < -0.3 is 9.80 Å². The SMILES string of the molecule is CC1=CN(C)C(C2=CN(C)C(C)N=C2)N=C1. The lowest BCUT2D eigenvalue weighted by Gasteiger charge is -2.31. The smallest absolute Gasteiger partial charge is 0.149 e. The van der Waals surface area contributed by atoms with E-state index in [1.54, 1.807) is 0 Å². The van der Waals surface area contributed by atoms with Crippen LogP contribution in [0.1, 0.15) is 13.8 Å². The number of allylic oxidation sites excluding steroid dienone is 1. The fourth-order valence-corrected chi connectivity index (χ4v) is 1.85. The Morgan fingerprint density at radius 3 is 2.44 bits per heavy atom. The summed E-state index contributed by atoms with van der Waals surface area (Å²) in [5.74, 6) is 0. The third-order valence-electron chi connectivity index (χ3n) is 2.89. The van der Waals surface area contributed by atoms with E-state index in [4.69, 9.17) is 0 Å². The number of hydrogen-bond acceptors (Lipinski definition) is 4. The molecule has 2 aliphatic rings. The van der Waals surface area contributed by atoms with Crippen LogP contribution in [0.25, 0.3) is 0 Å². The minimum absolute atomic E-state index is 0.0578. The van der Waals surface area contributed by atoms with E-state index < -0.39 is 0 Å². The first kappa shape index (κ1) is 10.9. The van der Waals surface area contributed by atoms with Crippen molar-refractivity contribution >= 4 is 12.4 Å². The molecule has 0 fully saturated rings. The van der Waals surface area contributed by atoms with Crippen LogP contribution in [0.5, 0.6) is 0 Å². The summed E-state index contributed by atoms with van der Waals surface area (Å²) in [6.07, 6.45) is 8.34. The van der Waals surface area contributed by atoms with Crippen molar-refractivity contribution in [1.29, 1.82) is 0 Å². The highest BCUT2D eigenvalue weighted by molar-refractivity contribution is 5.84. The van der Waals surface area contributed by atoms with Crippen molar-refractivity contribution in [3.8, 4) is 0 Å². The van der Waals surface area contributed by atoms with Crippen LogP contribution in [0.2, 0.25) is 0 Å². The second-order valence-corrected chi connectivity index (χ2v) is 4.40. The average molecular weight is 218 g/mol. The van der Waals surface area contributed by atoms with E-state index in [-0.39, 0.29) is 12.3 Å². The Morgan fingerprint density at radius 1 is 1.06 bits per heavy atom. The fraction of sp³-hybridized carbons (Fsp3) is 0.500. The van der Waals surface area contributed by atoms with Gasteiger partial charge in [0, 0.05) is 44.5 Å². The first-order valence-electron chi connectivity index (χ1n) is 5.48. The first-order valence-corrected chi connectivity index (χ1v) is 5.48. The third-order valence-corrected chi connectivity index (χ3v) is 2.89. The molecule has 0 aromatic rings. The summed E-state index contributed by atoms with van der Waals surface area (Å²) in [5.41, 5.74) is 2.30.